The normalized spacial score (nSPS) is 20.5. The molecule has 0 radical (unpaired) electrons. The first-order valence-electron chi connectivity index (χ1n) is 13.1. The monoisotopic (exact) mass is 519 g/mol. The Morgan fingerprint density at radius 3 is 2.76 bits per heavy atom. The van der Waals surface area contributed by atoms with Gasteiger partial charge in [0.1, 0.15) is 0 Å². The van der Waals surface area contributed by atoms with Crippen molar-refractivity contribution in [3.8, 4) is 11.5 Å². The molecule has 2 aliphatic rings. The molecule has 0 unspecified atom stereocenters. The van der Waals surface area contributed by atoms with E-state index in [-0.39, 0.29) is 31.2 Å². The molecule has 0 aliphatic carbocycles. The Hall–Kier alpha value is -3.92. The number of benzene rings is 1. The predicted octanol–water partition coefficient (Wildman–Crippen LogP) is 3.40. The number of aromatic nitrogens is 3. The number of nitrogens with zero attached hydrogens (tertiary/aromatic N) is 5. The number of rotatable bonds is 11. The number of carboxylic acid groups (broad SMARTS) is 1. The summed E-state index contributed by atoms with van der Waals surface area (Å²) in [6.07, 6.45) is 9.32. The lowest BCUT2D eigenvalue weighted by Crippen LogP contribution is -2.45. The number of amides is 1. The number of hydrogen-bond acceptors (Lipinski definition) is 7. The second-order valence-electron chi connectivity index (χ2n) is 9.75. The molecule has 3 atom stereocenters. The molecule has 3 aromatic rings. The molecular formula is C28H33N5O5. The summed E-state index contributed by atoms with van der Waals surface area (Å²) >= 11 is 0. The van der Waals surface area contributed by atoms with Gasteiger partial charge in [0.05, 0.1) is 24.3 Å². The number of fused-ring (bicyclic) bond motifs is 1. The standard InChI is InChI=1S/C28H33N5O5/c1-2-3-13-33(21-6-4-10-29-16-21)26(34)18-31-17-22(20-7-8-24-25(15-20)38-19-37-24)27(28(35)36)23(31)9-14-32-12-5-11-30-32/h4-8,10-12,15-16,22-23,27H,2-3,9,13-14,17-19H2,1H3,(H,35,36)/t22-,23+,27-/m1/s1. The van der Waals surface area contributed by atoms with Crippen LogP contribution in [-0.2, 0) is 16.1 Å². The quantitative estimate of drug-likeness (QED) is 0.411. The summed E-state index contributed by atoms with van der Waals surface area (Å²) in [6.45, 7) is 3.95. The summed E-state index contributed by atoms with van der Waals surface area (Å²) in [6, 6.07) is 10.8. The molecule has 2 aliphatic heterocycles. The maximum absolute atomic E-state index is 13.7. The highest BCUT2D eigenvalue weighted by molar-refractivity contribution is 5.94. The van der Waals surface area contributed by atoms with Gasteiger partial charge in [-0.05, 0) is 48.7 Å². The molecule has 0 spiro atoms. The zero-order valence-corrected chi connectivity index (χ0v) is 21.5. The van der Waals surface area contributed by atoms with Gasteiger partial charge in [-0.2, -0.15) is 5.10 Å². The molecule has 1 fully saturated rings. The van der Waals surface area contributed by atoms with Gasteiger partial charge >= 0.3 is 5.97 Å². The SMILES string of the molecule is CCCCN(C(=O)CN1C[C@H](c2ccc3c(c2)OCO3)[C@@H](C(=O)O)[C@@H]1CCn1cccn1)c1cccnc1. The van der Waals surface area contributed by atoms with Crippen LogP contribution < -0.4 is 14.4 Å². The molecule has 1 aromatic carbocycles. The fourth-order valence-corrected chi connectivity index (χ4v) is 5.52. The first-order valence-corrected chi connectivity index (χ1v) is 13.1. The molecule has 10 nitrogen and oxygen atoms in total. The van der Waals surface area contributed by atoms with Crippen molar-refractivity contribution >= 4 is 17.6 Å². The highest BCUT2D eigenvalue weighted by atomic mass is 16.7. The van der Waals surface area contributed by atoms with Gasteiger partial charge in [0.15, 0.2) is 11.5 Å². The van der Waals surface area contributed by atoms with E-state index in [0.29, 0.717) is 37.6 Å². The van der Waals surface area contributed by atoms with Crippen molar-refractivity contribution in [2.45, 2.75) is 44.7 Å². The van der Waals surface area contributed by atoms with Crippen LogP contribution in [-0.4, -0.2) is 69.1 Å². The first kappa shape index (κ1) is 25.7. The van der Waals surface area contributed by atoms with E-state index in [0.717, 1.165) is 24.1 Å². The van der Waals surface area contributed by atoms with Gasteiger partial charge in [0.25, 0.3) is 0 Å². The van der Waals surface area contributed by atoms with Gasteiger partial charge < -0.3 is 19.5 Å². The van der Waals surface area contributed by atoms with Gasteiger partial charge in [0.2, 0.25) is 12.7 Å². The van der Waals surface area contributed by atoms with Crippen molar-refractivity contribution in [2.75, 3.05) is 31.3 Å². The average Bonchev–Trinajstić information content (AvgIpc) is 3.68. The van der Waals surface area contributed by atoms with E-state index in [1.165, 1.54) is 0 Å². The van der Waals surface area contributed by atoms with Gasteiger partial charge in [-0.1, -0.05) is 19.4 Å². The molecule has 1 saturated heterocycles. The lowest BCUT2D eigenvalue weighted by molar-refractivity contribution is -0.143. The highest BCUT2D eigenvalue weighted by Gasteiger charge is 2.47. The number of aliphatic carboxylic acids is 1. The fourth-order valence-electron chi connectivity index (χ4n) is 5.52. The van der Waals surface area contributed by atoms with Crippen LogP contribution in [0.2, 0.25) is 0 Å². The number of carbonyl (C=O) groups is 2. The van der Waals surface area contributed by atoms with Crippen molar-refractivity contribution in [1.29, 1.82) is 0 Å². The lowest BCUT2D eigenvalue weighted by atomic mass is 9.84. The van der Waals surface area contributed by atoms with E-state index < -0.39 is 11.9 Å². The van der Waals surface area contributed by atoms with Crippen molar-refractivity contribution in [3.63, 3.8) is 0 Å². The number of aryl methyl sites for hydroxylation is 1. The van der Waals surface area contributed by atoms with Crippen molar-refractivity contribution in [2.24, 2.45) is 5.92 Å². The Morgan fingerprint density at radius 2 is 2.03 bits per heavy atom. The van der Waals surface area contributed by atoms with Crippen molar-refractivity contribution in [3.05, 3.63) is 66.7 Å². The van der Waals surface area contributed by atoms with Crippen LogP contribution in [0, 0.1) is 5.92 Å². The van der Waals surface area contributed by atoms with Crippen LogP contribution in [0.5, 0.6) is 11.5 Å². The number of likely N-dealkylation sites (tertiary alicyclic amines) is 1. The summed E-state index contributed by atoms with van der Waals surface area (Å²) < 4.78 is 12.8. The number of hydrogen-bond donors (Lipinski definition) is 1. The molecule has 1 amide bonds. The summed E-state index contributed by atoms with van der Waals surface area (Å²) in [4.78, 5) is 34.4. The van der Waals surface area contributed by atoms with Crippen molar-refractivity contribution < 1.29 is 24.2 Å². The van der Waals surface area contributed by atoms with Gasteiger partial charge in [-0.15, -0.1) is 0 Å². The van der Waals surface area contributed by atoms with Crippen LogP contribution >= 0.6 is 0 Å². The van der Waals surface area contributed by atoms with E-state index in [9.17, 15) is 14.7 Å². The van der Waals surface area contributed by atoms with Crippen LogP contribution in [0.1, 0.15) is 37.7 Å². The second-order valence-corrected chi connectivity index (χ2v) is 9.75. The number of carboxylic acids is 1. The van der Waals surface area contributed by atoms with E-state index in [2.05, 4.69) is 17.0 Å². The molecule has 2 aromatic heterocycles. The Labute approximate surface area is 221 Å². The minimum Gasteiger partial charge on any atom is -0.481 e. The molecule has 1 N–H and O–H groups in total. The number of carbonyl (C=O) groups excluding carboxylic acids is 1. The zero-order chi connectivity index (χ0) is 26.5. The number of ether oxygens (including phenoxy) is 2. The topological polar surface area (TPSA) is 110 Å². The molecule has 5 rings (SSSR count). The Balaban J connectivity index is 1.43. The largest absolute Gasteiger partial charge is 0.481 e. The van der Waals surface area contributed by atoms with Crippen molar-refractivity contribution in [1.82, 2.24) is 19.7 Å². The third kappa shape index (κ3) is 5.50. The third-order valence-electron chi connectivity index (χ3n) is 7.40. The molecule has 10 heteroatoms. The van der Waals surface area contributed by atoms with Gasteiger partial charge in [-0.25, -0.2) is 0 Å². The lowest BCUT2D eigenvalue weighted by Gasteiger charge is -2.29. The molecule has 0 bridgehead atoms. The first-order chi connectivity index (χ1) is 18.5. The highest BCUT2D eigenvalue weighted by Crippen LogP contribution is 2.42. The second kappa shape index (κ2) is 11.6. The van der Waals surface area contributed by atoms with Crippen LogP contribution in [0.3, 0.4) is 0 Å². The Bertz CT molecular complexity index is 1240. The van der Waals surface area contributed by atoms with E-state index in [4.69, 9.17) is 9.47 Å². The maximum atomic E-state index is 13.7. The molecule has 200 valence electrons. The van der Waals surface area contributed by atoms with Gasteiger partial charge in [-0.3, -0.25) is 24.2 Å². The van der Waals surface area contributed by atoms with E-state index in [1.807, 2.05) is 47.5 Å². The zero-order valence-electron chi connectivity index (χ0n) is 21.5. The summed E-state index contributed by atoms with van der Waals surface area (Å²) in [5.74, 6) is -0.657. The smallest absolute Gasteiger partial charge is 0.308 e. The molecule has 4 heterocycles. The molecule has 38 heavy (non-hydrogen) atoms. The van der Waals surface area contributed by atoms with Crippen LogP contribution in [0.4, 0.5) is 5.69 Å². The van der Waals surface area contributed by atoms with Crippen LogP contribution in [0.25, 0.3) is 0 Å². The predicted molar refractivity (Wildman–Crippen MR) is 140 cm³/mol. The Kier molecular flexibility index (Phi) is 7.88. The minimum absolute atomic E-state index is 0.0639. The molecule has 0 saturated carbocycles. The number of pyridine rings is 1. The Morgan fingerprint density at radius 1 is 1.16 bits per heavy atom. The van der Waals surface area contributed by atoms with E-state index in [1.54, 1.807) is 28.2 Å². The summed E-state index contributed by atoms with van der Waals surface area (Å²) in [5.41, 5.74) is 1.62. The fraction of sp³-hybridized carbons (Fsp3) is 0.429. The maximum Gasteiger partial charge on any atom is 0.308 e. The molecular weight excluding hydrogens is 486 g/mol. The minimum atomic E-state index is -0.872. The number of unbranched alkanes of at least 4 members (excludes halogenated alkanes) is 1. The third-order valence-corrected chi connectivity index (χ3v) is 7.40. The average molecular weight is 520 g/mol. The van der Waals surface area contributed by atoms with Crippen LogP contribution in [0.15, 0.2) is 61.2 Å². The van der Waals surface area contributed by atoms with Gasteiger partial charge in [0, 0.05) is 50.2 Å². The summed E-state index contributed by atoms with van der Waals surface area (Å²) in [5, 5.41) is 14.7. The summed E-state index contributed by atoms with van der Waals surface area (Å²) in [7, 11) is 0. The number of anilines is 1. The van der Waals surface area contributed by atoms with E-state index >= 15 is 0 Å².